The second-order valence-electron chi connectivity index (χ2n) is 5.32. The summed E-state index contributed by atoms with van der Waals surface area (Å²) in [4.78, 5) is 22.4. The van der Waals surface area contributed by atoms with Crippen molar-refractivity contribution in [2.75, 3.05) is 19.9 Å². The highest BCUT2D eigenvalue weighted by Gasteiger charge is 2.13. The summed E-state index contributed by atoms with van der Waals surface area (Å²) in [5.41, 5.74) is 1.60. The first-order chi connectivity index (χ1) is 12.1. The predicted octanol–water partition coefficient (Wildman–Crippen LogP) is 3.59. The lowest BCUT2D eigenvalue weighted by molar-refractivity contribution is -0.127. The van der Waals surface area contributed by atoms with E-state index in [0.29, 0.717) is 12.1 Å². The number of nitrogens with zero attached hydrogens (tertiary/aromatic N) is 3. The maximum absolute atomic E-state index is 13.7. The largest absolute Gasteiger partial charge is 0.494 e. The molecule has 1 amide bonds. The van der Waals surface area contributed by atoms with Gasteiger partial charge in [-0.05, 0) is 29.1 Å². The first-order valence-corrected chi connectivity index (χ1v) is 9.32. The van der Waals surface area contributed by atoms with Crippen LogP contribution in [0, 0.1) is 5.82 Å². The van der Waals surface area contributed by atoms with Gasteiger partial charge in [-0.3, -0.25) is 4.79 Å². The molecule has 8 heteroatoms. The molecule has 0 aliphatic heterocycles. The van der Waals surface area contributed by atoms with Crippen LogP contribution >= 0.6 is 23.1 Å². The number of thiophene rings is 1. The van der Waals surface area contributed by atoms with Crippen molar-refractivity contribution in [2.24, 2.45) is 0 Å². The summed E-state index contributed by atoms with van der Waals surface area (Å²) in [6.07, 6.45) is 1.51. The Kier molecular flexibility index (Phi) is 5.50. The molecule has 0 N–H and O–H groups in total. The van der Waals surface area contributed by atoms with E-state index in [-0.39, 0.29) is 17.4 Å². The van der Waals surface area contributed by atoms with E-state index in [1.807, 2.05) is 11.4 Å². The SMILES string of the molecule is COc1ccc(CN(C)C(=O)CSc2ncnc3ccsc23)cc1F. The van der Waals surface area contributed by atoms with Crippen molar-refractivity contribution in [2.45, 2.75) is 11.6 Å². The molecule has 25 heavy (non-hydrogen) atoms. The van der Waals surface area contributed by atoms with Gasteiger partial charge in [0, 0.05) is 13.6 Å². The number of thioether (sulfide) groups is 1. The van der Waals surface area contributed by atoms with E-state index < -0.39 is 5.82 Å². The molecule has 2 aromatic heterocycles. The van der Waals surface area contributed by atoms with Crippen LogP contribution in [0.3, 0.4) is 0 Å². The number of aromatic nitrogens is 2. The van der Waals surface area contributed by atoms with Crippen molar-refractivity contribution in [3.63, 3.8) is 0 Å². The Morgan fingerprint density at radius 1 is 1.36 bits per heavy atom. The van der Waals surface area contributed by atoms with Crippen LogP contribution in [0.4, 0.5) is 4.39 Å². The molecule has 3 rings (SSSR count). The maximum Gasteiger partial charge on any atom is 0.233 e. The van der Waals surface area contributed by atoms with Gasteiger partial charge in [0.15, 0.2) is 11.6 Å². The lowest BCUT2D eigenvalue weighted by Crippen LogP contribution is -2.27. The molecule has 0 aliphatic rings. The quantitative estimate of drug-likeness (QED) is 0.485. The number of hydrogen-bond donors (Lipinski definition) is 0. The highest BCUT2D eigenvalue weighted by atomic mass is 32.2. The first kappa shape index (κ1) is 17.6. The molecule has 0 bridgehead atoms. The van der Waals surface area contributed by atoms with E-state index in [1.54, 1.807) is 35.4 Å². The van der Waals surface area contributed by atoms with Crippen LogP contribution in [0.1, 0.15) is 5.56 Å². The van der Waals surface area contributed by atoms with Gasteiger partial charge in [0.1, 0.15) is 11.4 Å². The molecule has 0 atom stereocenters. The monoisotopic (exact) mass is 377 g/mol. The van der Waals surface area contributed by atoms with Crippen molar-refractivity contribution in [1.29, 1.82) is 0 Å². The standard InChI is InChI=1S/C17H16FN3O2S2/c1-21(8-11-3-4-14(23-2)12(18)7-11)15(22)9-25-17-16-13(5-6-24-16)19-10-20-17/h3-7,10H,8-9H2,1-2H3. The molecule has 0 radical (unpaired) electrons. The highest BCUT2D eigenvalue weighted by Crippen LogP contribution is 2.28. The normalized spacial score (nSPS) is 10.8. The zero-order chi connectivity index (χ0) is 17.8. The van der Waals surface area contributed by atoms with Crippen LogP contribution in [-0.2, 0) is 11.3 Å². The van der Waals surface area contributed by atoms with Crippen molar-refractivity contribution in [3.05, 3.63) is 47.4 Å². The fourth-order valence-corrected chi connectivity index (χ4v) is 4.17. The number of methoxy groups -OCH3 is 1. The maximum atomic E-state index is 13.7. The number of amides is 1. The van der Waals surface area contributed by atoms with Gasteiger partial charge < -0.3 is 9.64 Å². The van der Waals surface area contributed by atoms with Crippen molar-refractivity contribution >= 4 is 39.2 Å². The number of rotatable bonds is 6. The van der Waals surface area contributed by atoms with Crippen LogP contribution in [0.25, 0.3) is 10.2 Å². The minimum atomic E-state index is -0.434. The van der Waals surface area contributed by atoms with E-state index in [0.717, 1.165) is 15.2 Å². The van der Waals surface area contributed by atoms with Gasteiger partial charge in [-0.2, -0.15) is 0 Å². The summed E-state index contributed by atoms with van der Waals surface area (Å²) in [7, 11) is 3.12. The van der Waals surface area contributed by atoms with E-state index in [1.165, 1.54) is 31.3 Å². The zero-order valence-corrected chi connectivity index (χ0v) is 15.4. The lowest BCUT2D eigenvalue weighted by Gasteiger charge is -2.17. The molecule has 0 fully saturated rings. The summed E-state index contributed by atoms with van der Waals surface area (Å²) in [6, 6.07) is 6.62. The van der Waals surface area contributed by atoms with Crippen LogP contribution in [-0.4, -0.2) is 40.7 Å². The van der Waals surface area contributed by atoms with Crippen LogP contribution in [0.15, 0.2) is 41.0 Å². The summed E-state index contributed by atoms with van der Waals surface area (Å²) in [5.74, 6) is -0.0306. The Bertz CT molecular complexity index is 900. The molecule has 3 aromatic rings. The van der Waals surface area contributed by atoms with Gasteiger partial charge in [0.2, 0.25) is 5.91 Å². The highest BCUT2D eigenvalue weighted by molar-refractivity contribution is 8.00. The minimum absolute atomic E-state index is 0.0513. The Morgan fingerprint density at radius 2 is 2.20 bits per heavy atom. The summed E-state index contributed by atoms with van der Waals surface area (Å²) >= 11 is 2.94. The lowest BCUT2D eigenvalue weighted by atomic mass is 10.2. The smallest absolute Gasteiger partial charge is 0.233 e. The molecule has 1 aromatic carbocycles. The third kappa shape index (κ3) is 4.08. The molecule has 5 nitrogen and oxygen atoms in total. The molecule has 0 spiro atoms. The van der Waals surface area contributed by atoms with Gasteiger partial charge in [0.05, 0.1) is 23.1 Å². The number of ether oxygens (including phenoxy) is 1. The third-order valence-electron chi connectivity index (χ3n) is 3.60. The zero-order valence-electron chi connectivity index (χ0n) is 13.7. The van der Waals surface area contributed by atoms with Gasteiger partial charge in [0.25, 0.3) is 0 Å². The third-order valence-corrected chi connectivity index (χ3v) is 5.62. The van der Waals surface area contributed by atoms with E-state index >= 15 is 0 Å². The van der Waals surface area contributed by atoms with E-state index in [2.05, 4.69) is 9.97 Å². The number of fused-ring (bicyclic) bond motifs is 1. The fourth-order valence-electron chi connectivity index (χ4n) is 2.28. The molecule has 130 valence electrons. The van der Waals surface area contributed by atoms with Crippen LogP contribution in [0.5, 0.6) is 5.75 Å². The number of halogens is 1. The molecule has 0 unspecified atom stereocenters. The van der Waals surface area contributed by atoms with E-state index in [4.69, 9.17) is 4.74 Å². The topological polar surface area (TPSA) is 55.3 Å². The van der Waals surface area contributed by atoms with Crippen molar-refractivity contribution in [3.8, 4) is 5.75 Å². The predicted molar refractivity (Wildman–Crippen MR) is 97.6 cm³/mol. The van der Waals surface area contributed by atoms with Gasteiger partial charge in [-0.1, -0.05) is 17.8 Å². The molecule has 2 heterocycles. The number of benzene rings is 1. The second-order valence-corrected chi connectivity index (χ2v) is 7.20. The average Bonchev–Trinajstić information content (AvgIpc) is 3.09. The number of carbonyl (C=O) groups is 1. The van der Waals surface area contributed by atoms with Gasteiger partial charge >= 0.3 is 0 Å². The number of carbonyl (C=O) groups excluding carboxylic acids is 1. The summed E-state index contributed by atoms with van der Waals surface area (Å²) < 4.78 is 19.6. The molecule has 0 saturated heterocycles. The van der Waals surface area contributed by atoms with Crippen molar-refractivity contribution < 1.29 is 13.9 Å². The van der Waals surface area contributed by atoms with Crippen LogP contribution < -0.4 is 4.74 Å². The molecular formula is C17H16FN3O2S2. The second kappa shape index (κ2) is 7.79. The Balaban J connectivity index is 1.61. The number of hydrogen-bond acceptors (Lipinski definition) is 6. The molecule has 0 saturated carbocycles. The van der Waals surface area contributed by atoms with Gasteiger partial charge in [-0.25, -0.2) is 14.4 Å². The molecular weight excluding hydrogens is 361 g/mol. The summed E-state index contributed by atoms with van der Waals surface area (Å²) in [5, 5.41) is 2.76. The van der Waals surface area contributed by atoms with Crippen molar-refractivity contribution in [1.82, 2.24) is 14.9 Å². The molecule has 0 aliphatic carbocycles. The van der Waals surface area contributed by atoms with Crippen LogP contribution in [0.2, 0.25) is 0 Å². The summed E-state index contributed by atoms with van der Waals surface area (Å²) in [6.45, 7) is 0.332. The Labute approximate surface area is 152 Å². The Hall–Kier alpha value is -2.19. The Morgan fingerprint density at radius 3 is 2.96 bits per heavy atom. The average molecular weight is 377 g/mol. The minimum Gasteiger partial charge on any atom is -0.494 e. The van der Waals surface area contributed by atoms with Gasteiger partial charge in [-0.15, -0.1) is 11.3 Å². The van der Waals surface area contributed by atoms with E-state index in [9.17, 15) is 9.18 Å². The first-order valence-electron chi connectivity index (χ1n) is 7.46. The fraction of sp³-hybridized carbons (Fsp3) is 0.235.